The van der Waals surface area contributed by atoms with E-state index >= 15 is 0 Å². The summed E-state index contributed by atoms with van der Waals surface area (Å²) in [5, 5.41) is 0. The van der Waals surface area contributed by atoms with Gasteiger partial charge in [-0.25, -0.2) is 0 Å². The van der Waals surface area contributed by atoms with E-state index < -0.39 is 3.79 Å². The molecule has 0 spiro atoms. The van der Waals surface area contributed by atoms with Gasteiger partial charge in [0.2, 0.25) is 3.79 Å². The zero-order valence-electron chi connectivity index (χ0n) is 11.4. The molecule has 2 aromatic carbocycles. The van der Waals surface area contributed by atoms with Gasteiger partial charge in [-0.3, -0.25) is 0 Å². The predicted molar refractivity (Wildman–Crippen MR) is 90.8 cm³/mol. The average Bonchev–Trinajstić information content (AvgIpc) is 2.47. The molecule has 112 valence electrons. The van der Waals surface area contributed by atoms with Gasteiger partial charge in [0, 0.05) is 13.1 Å². The maximum Gasteiger partial charge on any atom is 0.201 e. The Morgan fingerprint density at radius 1 is 0.714 bits per heavy atom. The van der Waals surface area contributed by atoms with E-state index in [4.69, 9.17) is 46.3 Å². The third-order valence-corrected chi connectivity index (χ3v) is 4.08. The molecular formula is C16H17Cl3N2. The van der Waals surface area contributed by atoms with E-state index in [9.17, 15) is 0 Å². The summed E-state index contributed by atoms with van der Waals surface area (Å²) in [6.45, 7) is 0.980. The van der Waals surface area contributed by atoms with E-state index in [0.29, 0.717) is 13.1 Å². The molecular weight excluding hydrogens is 327 g/mol. The molecule has 0 aromatic heterocycles. The lowest BCUT2D eigenvalue weighted by Crippen LogP contribution is -2.18. The highest BCUT2D eigenvalue weighted by molar-refractivity contribution is 6.68. The average molecular weight is 344 g/mol. The molecule has 0 radical (unpaired) electrons. The lowest BCUT2D eigenvalue weighted by atomic mass is 9.91. The molecule has 0 fully saturated rings. The van der Waals surface area contributed by atoms with Gasteiger partial charge >= 0.3 is 0 Å². The van der Waals surface area contributed by atoms with Crippen LogP contribution >= 0.6 is 34.8 Å². The smallest absolute Gasteiger partial charge is 0.201 e. The number of nitrogens with two attached hydrogens (primary N) is 2. The van der Waals surface area contributed by atoms with Crippen molar-refractivity contribution < 1.29 is 0 Å². The second-order valence-corrected chi connectivity index (χ2v) is 7.23. The van der Waals surface area contributed by atoms with Crippen LogP contribution < -0.4 is 11.5 Å². The van der Waals surface area contributed by atoms with Crippen molar-refractivity contribution in [2.45, 2.75) is 22.8 Å². The molecule has 0 atom stereocenters. The van der Waals surface area contributed by atoms with Crippen LogP contribution in [0.4, 0.5) is 0 Å². The predicted octanol–water partition coefficient (Wildman–Crippen LogP) is 4.11. The van der Waals surface area contributed by atoms with Crippen LogP contribution in [0.2, 0.25) is 0 Å². The molecule has 0 aliphatic carbocycles. The molecule has 0 unspecified atom stereocenters. The van der Waals surface area contributed by atoms with Gasteiger partial charge in [-0.05, 0) is 22.3 Å². The third kappa shape index (κ3) is 4.12. The van der Waals surface area contributed by atoms with Crippen LogP contribution in [0.3, 0.4) is 0 Å². The van der Waals surface area contributed by atoms with Crippen molar-refractivity contribution in [3.63, 3.8) is 0 Å². The normalized spacial score (nSPS) is 11.9. The summed E-state index contributed by atoms with van der Waals surface area (Å²) in [4.78, 5) is 0. The molecule has 2 nitrogen and oxygen atoms in total. The molecule has 0 saturated carbocycles. The Kier molecular flexibility index (Phi) is 5.53. The summed E-state index contributed by atoms with van der Waals surface area (Å²) in [5.74, 6) is -0.346. The molecule has 0 aliphatic rings. The number of rotatable bonds is 4. The minimum absolute atomic E-state index is 0.346. The van der Waals surface area contributed by atoms with Crippen molar-refractivity contribution in [1.29, 1.82) is 0 Å². The first-order valence-corrected chi connectivity index (χ1v) is 7.73. The highest BCUT2D eigenvalue weighted by Crippen LogP contribution is 2.45. The molecule has 5 heteroatoms. The topological polar surface area (TPSA) is 52.0 Å². The molecule has 4 N–H and O–H groups in total. The van der Waals surface area contributed by atoms with Gasteiger partial charge in [0.15, 0.2) is 0 Å². The molecule has 0 saturated heterocycles. The zero-order valence-corrected chi connectivity index (χ0v) is 13.7. The maximum atomic E-state index is 6.20. The van der Waals surface area contributed by atoms with Crippen LogP contribution in [-0.4, -0.2) is 3.79 Å². The SMILES string of the molecule is NCc1ccc(C(c2ccc(CN)cc2)C(Cl)(Cl)Cl)cc1. The van der Waals surface area contributed by atoms with E-state index in [-0.39, 0.29) is 5.92 Å². The first kappa shape index (κ1) is 16.6. The van der Waals surface area contributed by atoms with Crippen molar-refractivity contribution in [2.75, 3.05) is 0 Å². The first-order chi connectivity index (χ1) is 9.95. The quantitative estimate of drug-likeness (QED) is 0.821. The zero-order chi connectivity index (χ0) is 15.5. The lowest BCUT2D eigenvalue weighted by Gasteiger charge is -2.25. The van der Waals surface area contributed by atoms with Crippen LogP contribution in [-0.2, 0) is 13.1 Å². The van der Waals surface area contributed by atoms with Crippen molar-refractivity contribution >= 4 is 34.8 Å². The highest BCUT2D eigenvalue weighted by atomic mass is 35.6. The van der Waals surface area contributed by atoms with E-state index in [1.54, 1.807) is 0 Å². The summed E-state index contributed by atoms with van der Waals surface area (Å²) >= 11 is 18.6. The van der Waals surface area contributed by atoms with Crippen molar-refractivity contribution in [1.82, 2.24) is 0 Å². The molecule has 0 aliphatic heterocycles. The summed E-state index contributed by atoms with van der Waals surface area (Å²) in [7, 11) is 0. The summed E-state index contributed by atoms with van der Waals surface area (Å²) in [6.07, 6.45) is 0. The van der Waals surface area contributed by atoms with Crippen molar-refractivity contribution in [2.24, 2.45) is 11.5 Å². The van der Waals surface area contributed by atoms with E-state index in [2.05, 4.69) is 0 Å². The standard InChI is InChI=1S/C16H17Cl3N2/c17-16(18,19)15(13-5-1-11(9-20)2-6-13)14-7-3-12(10-21)4-8-14/h1-8,15H,9-10,20-21H2. The molecule has 0 bridgehead atoms. The van der Waals surface area contributed by atoms with E-state index in [0.717, 1.165) is 22.3 Å². The third-order valence-electron chi connectivity index (χ3n) is 3.42. The highest BCUT2D eigenvalue weighted by Gasteiger charge is 2.35. The first-order valence-electron chi connectivity index (χ1n) is 6.60. The second-order valence-electron chi connectivity index (χ2n) is 4.87. The molecule has 0 heterocycles. The largest absolute Gasteiger partial charge is 0.326 e. The van der Waals surface area contributed by atoms with Gasteiger partial charge in [-0.2, -0.15) is 0 Å². The van der Waals surface area contributed by atoms with E-state index in [1.807, 2.05) is 48.5 Å². The fourth-order valence-corrected chi connectivity index (χ4v) is 3.02. The fourth-order valence-electron chi connectivity index (χ4n) is 2.26. The van der Waals surface area contributed by atoms with Gasteiger partial charge in [-0.1, -0.05) is 83.3 Å². The number of alkyl halides is 3. The minimum Gasteiger partial charge on any atom is -0.326 e. The Bertz CT molecular complexity index is 526. The van der Waals surface area contributed by atoms with Crippen LogP contribution in [0.15, 0.2) is 48.5 Å². The number of hydrogen-bond donors (Lipinski definition) is 2. The number of benzene rings is 2. The fraction of sp³-hybridized carbons (Fsp3) is 0.250. The van der Waals surface area contributed by atoms with Gasteiger partial charge in [-0.15, -0.1) is 0 Å². The minimum atomic E-state index is -1.44. The number of halogens is 3. The molecule has 0 amide bonds. The molecule has 2 aromatic rings. The summed E-state index contributed by atoms with van der Waals surface area (Å²) in [5.41, 5.74) is 15.2. The Balaban J connectivity index is 2.41. The van der Waals surface area contributed by atoms with Crippen LogP contribution in [0.1, 0.15) is 28.2 Å². The Labute approximate surface area is 140 Å². The molecule has 21 heavy (non-hydrogen) atoms. The second kappa shape index (κ2) is 6.99. The summed E-state index contributed by atoms with van der Waals surface area (Å²) < 4.78 is -1.44. The van der Waals surface area contributed by atoms with Crippen LogP contribution in [0.5, 0.6) is 0 Å². The maximum absolute atomic E-state index is 6.20. The monoisotopic (exact) mass is 342 g/mol. The Hall–Kier alpha value is -0.770. The van der Waals surface area contributed by atoms with Crippen LogP contribution in [0, 0.1) is 0 Å². The number of hydrogen-bond acceptors (Lipinski definition) is 2. The molecule has 2 rings (SSSR count). The Morgan fingerprint density at radius 3 is 1.29 bits per heavy atom. The summed E-state index contributed by atoms with van der Waals surface area (Å²) in [6, 6.07) is 15.6. The van der Waals surface area contributed by atoms with E-state index in [1.165, 1.54) is 0 Å². The van der Waals surface area contributed by atoms with Gasteiger partial charge < -0.3 is 11.5 Å². The lowest BCUT2D eigenvalue weighted by molar-refractivity contribution is 0.836. The van der Waals surface area contributed by atoms with Crippen LogP contribution in [0.25, 0.3) is 0 Å². The van der Waals surface area contributed by atoms with Gasteiger partial charge in [0.05, 0.1) is 5.92 Å². The van der Waals surface area contributed by atoms with Gasteiger partial charge in [0.25, 0.3) is 0 Å². The Morgan fingerprint density at radius 2 is 1.05 bits per heavy atom. The van der Waals surface area contributed by atoms with Crippen molar-refractivity contribution in [3.8, 4) is 0 Å². The van der Waals surface area contributed by atoms with Gasteiger partial charge in [0.1, 0.15) is 0 Å². The van der Waals surface area contributed by atoms with Crippen molar-refractivity contribution in [3.05, 3.63) is 70.8 Å².